The molecule has 0 saturated carbocycles. The molecular weight excluding hydrogens is 262 g/mol. The van der Waals surface area contributed by atoms with Crippen LogP contribution in [0.4, 0.5) is 0 Å². The largest absolute Gasteiger partial charge is 0.480 e. The average molecular weight is 289 g/mol. The highest BCUT2D eigenvalue weighted by Crippen LogP contribution is 2.34. The van der Waals surface area contributed by atoms with Crippen molar-refractivity contribution in [3.63, 3.8) is 0 Å². The first kappa shape index (κ1) is 16.0. The summed E-state index contributed by atoms with van der Waals surface area (Å²) in [6.07, 6.45) is 2.40. The second kappa shape index (κ2) is 5.80. The lowest BCUT2D eigenvalue weighted by atomic mass is 9.86. The molecule has 2 rings (SSSR count). The molecule has 1 unspecified atom stereocenters. The SMILES string of the molecule is CCC1(C(=O)O)CCCN1Cc1ccc(C(C)(C)C)cc1. The fourth-order valence-electron chi connectivity index (χ4n) is 3.29. The Morgan fingerprint density at radius 2 is 1.90 bits per heavy atom. The molecule has 1 saturated heterocycles. The van der Waals surface area contributed by atoms with Gasteiger partial charge in [-0.3, -0.25) is 9.69 Å². The van der Waals surface area contributed by atoms with Crippen LogP contribution in [0.5, 0.6) is 0 Å². The molecule has 1 fully saturated rings. The lowest BCUT2D eigenvalue weighted by Gasteiger charge is -2.34. The number of carboxylic acid groups (broad SMARTS) is 1. The van der Waals surface area contributed by atoms with E-state index in [0.29, 0.717) is 6.42 Å². The number of aliphatic carboxylic acids is 1. The van der Waals surface area contributed by atoms with Gasteiger partial charge in [0.05, 0.1) is 0 Å². The van der Waals surface area contributed by atoms with E-state index in [1.807, 2.05) is 6.92 Å². The molecule has 21 heavy (non-hydrogen) atoms. The zero-order valence-electron chi connectivity index (χ0n) is 13.6. The fourth-order valence-corrected chi connectivity index (χ4v) is 3.29. The van der Waals surface area contributed by atoms with Crippen LogP contribution in [-0.2, 0) is 16.8 Å². The summed E-state index contributed by atoms with van der Waals surface area (Å²) in [6, 6.07) is 8.61. The number of likely N-dealkylation sites (tertiary alicyclic amines) is 1. The number of benzene rings is 1. The average Bonchev–Trinajstić information content (AvgIpc) is 2.82. The van der Waals surface area contributed by atoms with Crippen molar-refractivity contribution in [3.8, 4) is 0 Å². The molecule has 3 nitrogen and oxygen atoms in total. The number of nitrogens with zero attached hydrogens (tertiary/aromatic N) is 1. The molecule has 116 valence electrons. The predicted molar refractivity (Wildman–Crippen MR) is 85.4 cm³/mol. The van der Waals surface area contributed by atoms with E-state index < -0.39 is 11.5 Å². The highest BCUT2D eigenvalue weighted by atomic mass is 16.4. The molecule has 1 heterocycles. The molecule has 1 aliphatic heterocycles. The van der Waals surface area contributed by atoms with Crippen molar-refractivity contribution < 1.29 is 9.90 Å². The summed E-state index contributed by atoms with van der Waals surface area (Å²) in [7, 11) is 0. The van der Waals surface area contributed by atoms with Crippen LogP contribution in [0, 0.1) is 0 Å². The first-order valence-corrected chi connectivity index (χ1v) is 7.87. The van der Waals surface area contributed by atoms with Crippen LogP contribution in [0.3, 0.4) is 0 Å². The van der Waals surface area contributed by atoms with Gasteiger partial charge in [0.25, 0.3) is 0 Å². The van der Waals surface area contributed by atoms with E-state index in [4.69, 9.17) is 0 Å². The van der Waals surface area contributed by atoms with Gasteiger partial charge >= 0.3 is 5.97 Å². The lowest BCUT2D eigenvalue weighted by Crippen LogP contribution is -2.49. The van der Waals surface area contributed by atoms with Crippen molar-refractivity contribution >= 4 is 5.97 Å². The normalized spacial score (nSPS) is 23.4. The lowest BCUT2D eigenvalue weighted by molar-refractivity contribution is -0.150. The van der Waals surface area contributed by atoms with Crippen molar-refractivity contribution in [3.05, 3.63) is 35.4 Å². The summed E-state index contributed by atoms with van der Waals surface area (Å²) in [5.41, 5.74) is 2.00. The van der Waals surface area contributed by atoms with Gasteiger partial charge in [0.2, 0.25) is 0 Å². The summed E-state index contributed by atoms with van der Waals surface area (Å²) >= 11 is 0. The Bertz CT molecular complexity index is 501. The molecule has 0 bridgehead atoms. The van der Waals surface area contributed by atoms with Gasteiger partial charge in [-0.15, -0.1) is 0 Å². The van der Waals surface area contributed by atoms with E-state index in [2.05, 4.69) is 49.9 Å². The van der Waals surface area contributed by atoms with E-state index in [1.54, 1.807) is 0 Å². The van der Waals surface area contributed by atoms with Crippen molar-refractivity contribution in [2.45, 2.75) is 64.5 Å². The molecule has 1 atom stereocenters. The quantitative estimate of drug-likeness (QED) is 0.916. The standard InChI is InChI=1S/C18H27NO2/c1-5-18(16(20)21)11-6-12-19(18)13-14-7-9-15(10-8-14)17(2,3)4/h7-10H,5-6,11-13H2,1-4H3,(H,20,21). The molecule has 0 aliphatic carbocycles. The van der Waals surface area contributed by atoms with E-state index in [1.165, 1.54) is 11.1 Å². The molecule has 0 radical (unpaired) electrons. The highest BCUT2D eigenvalue weighted by molar-refractivity contribution is 5.79. The topological polar surface area (TPSA) is 40.5 Å². The maximum Gasteiger partial charge on any atom is 0.324 e. The van der Waals surface area contributed by atoms with Crippen LogP contribution < -0.4 is 0 Å². The molecule has 3 heteroatoms. The number of rotatable bonds is 4. The van der Waals surface area contributed by atoms with Crippen molar-refractivity contribution in [2.24, 2.45) is 0 Å². The van der Waals surface area contributed by atoms with Gasteiger partial charge in [-0.05, 0) is 42.3 Å². The van der Waals surface area contributed by atoms with Crippen LogP contribution in [0.15, 0.2) is 24.3 Å². The first-order chi connectivity index (χ1) is 9.79. The van der Waals surface area contributed by atoms with Crippen LogP contribution in [0.2, 0.25) is 0 Å². The minimum atomic E-state index is -0.672. The Labute approximate surface area is 128 Å². The van der Waals surface area contributed by atoms with E-state index in [0.717, 1.165) is 25.9 Å². The Kier molecular flexibility index (Phi) is 4.43. The van der Waals surface area contributed by atoms with Gasteiger partial charge in [-0.2, -0.15) is 0 Å². The summed E-state index contributed by atoms with van der Waals surface area (Å²) in [5, 5.41) is 9.62. The Morgan fingerprint density at radius 3 is 2.38 bits per heavy atom. The molecule has 1 N–H and O–H groups in total. The second-order valence-electron chi connectivity index (χ2n) is 7.16. The van der Waals surface area contributed by atoms with Gasteiger partial charge < -0.3 is 5.11 Å². The second-order valence-corrected chi connectivity index (χ2v) is 7.16. The zero-order chi connectivity index (χ0) is 15.7. The number of carboxylic acids is 1. The third-order valence-electron chi connectivity index (χ3n) is 4.80. The maximum atomic E-state index is 11.7. The zero-order valence-corrected chi connectivity index (χ0v) is 13.6. The predicted octanol–water partition coefficient (Wildman–Crippen LogP) is 3.81. The molecule has 0 spiro atoms. The third kappa shape index (κ3) is 3.13. The molecular formula is C18H27NO2. The molecule has 1 aromatic carbocycles. The summed E-state index contributed by atoms with van der Waals surface area (Å²) in [5.74, 6) is -0.672. The first-order valence-electron chi connectivity index (χ1n) is 7.87. The van der Waals surface area contributed by atoms with Crippen LogP contribution in [0.25, 0.3) is 0 Å². The van der Waals surface area contributed by atoms with Crippen molar-refractivity contribution in [1.29, 1.82) is 0 Å². The molecule has 0 aromatic heterocycles. The fraction of sp³-hybridized carbons (Fsp3) is 0.611. The van der Waals surface area contributed by atoms with E-state index >= 15 is 0 Å². The van der Waals surface area contributed by atoms with Gasteiger partial charge in [-0.25, -0.2) is 0 Å². The summed E-state index contributed by atoms with van der Waals surface area (Å²) in [4.78, 5) is 13.8. The van der Waals surface area contributed by atoms with Gasteiger partial charge in [0.1, 0.15) is 5.54 Å². The highest BCUT2D eigenvalue weighted by Gasteiger charge is 2.45. The maximum absolute atomic E-state index is 11.7. The van der Waals surface area contributed by atoms with Gasteiger partial charge in [0, 0.05) is 6.54 Å². The molecule has 1 aromatic rings. The molecule has 0 amide bonds. The van der Waals surface area contributed by atoms with Crippen LogP contribution in [0.1, 0.15) is 58.1 Å². The Balaban J connectivity index is 2.16. The number of carbonyl (C=O) groups is 1. The Morgan fingerprint density at radius 1 is 1.29 bits per heavy atom. The number of hydrogen-bond acceptors (Lipinski definition) is 2. The Hall–Kier alpha value is -1.35. The minimum absolute atomic E-state index is 0.153. The van der Waals surface area contributed by atoms with Gasteiger partial charge in [0.15, 0.2) is 0 Å². The van der Waals surface area contributed by atoms with E-state index in [9.17, 15) is 9.90 Å². The molecule has 1 aliphatic rings. The summed E-state index contributed by atoms with van der Waals surface area (Å²) < 4.78 is 0. The number of hydrogen-bond donors (Lipinski definition) is 1. The minimum Gasteiger partial charge on any atom is -0.480 e. The van der Waals surface area contributed by atoms with E-state index in [-0.39, 0.29) is 5.41 Å². The van der Waals surface area contributed by atoms with Crippen molar-refractivity contribution in [2.75, 3.05) is 6.54 Å². The smallest absolute Gasteiger partial charge is 0.324 e. The van der Waals surface area contributed by atoms with Crippen LogP contribution >= 0.6 is 0 Å². The third-order valence-corrected chi connectivity index (χ3v) is 4.80. The van der Waals surface area contributed by atoms with Crippen LogP contribution in [-0.4, -0.2) is 28.1 Å². The summed E-state index contributed by atoms with van der Waals surface area (Å²) in [6.45, 7) is 10.2. The monoisotopic (exact) mass is 289 g/mol. The van der Waals surface area contributed by atoms with Gasteiger partial charge in [-0.1, -0.05) is 52.0 Å². The van der Waals surface area contributed by atoms with Crippen molar-refractivity contribution in [1.82, 2.24) is 4.90 Å².